The van der Waals surface area contributed by atoms with Gasteiger partial charge in [0.2, 0.25) is 5.88 Å². The number of nitriles is 1. The molecule has 1 aliphatic heterocycles. The minimum Gasteiger partial charge on any atom is -0.516 e. The Morgan fingerprint density at radius 3 is 2.59 bits per heavy atom. The fourth-order valence-corrected chi connectivity index (χ4v) is 4.39. The van der Waals surface area contributed by atoms with Crippen molar-refractivity contribution in [1.82, 2.24) is 19.5 Å². The molecule has 2 aromatic heterocycles. The number of aromatic nitrogens is 4. The zero-order valence-electron chi connectivity index (χ0n) is 23.3. The molecule has 41 heavy (non-hydrogen) atoms. The molecule has 1 N–H and O–H groups in total. The number of fused-ring (bicyclic) bond motifs is 1. The van der Waals surface area contributed by atoms with Crippen LogP contribution in [-0.4, -0.2) is 43.9 Å². The highest BCUT2D eigenvalue weighted by atomic mass is 19.1. The molecule has 0 bridgehead atoms. The van der Waals surface area contributed by atoms with E-state index in [9.17, 15) is 4.39 Å². The highest BCUT2D eigenvalue weighted by Gasteiger charge is 2.32. The van der Waals surface area contributed by atoms with Gasteiger partial charge in [0.05, 0.1) is 28.9 Å². The minimum atomic E-state index is -0.595. The van der Waals surface area contributed by atoms with E-state index in [0.29, 0.717) is 17.6 Å². The molecule has 3 heterocycles. The summed E-state index contributed by atoms with van der Waals surface area (Å²) in [5.41, 5.74) is 3.67. The Morgan fingerprint density at radius 2 is 1.93 bits per heavy atom. The van der Waals surface area contributed by atoms with Gasteiger partial charge in [-0.05, 0) is 68.0 Å². The number of halogens is 1. The maximum atomic E-state index is 14.0. The first kappa shape index (κ1) is 29.5. The van der Waals surface area contributed by atoms with Crippen LogP contribution in [0.3, 0.4) is 0 Å². The number of aliphatic hydroxyl groups excluding tert-OH is 1. The molecule has 2 aliphatic rings. The maximum absolute atomic E-state index is 14.0. The van der Waals surface area contributed by atoms with E-state index < -0.39 is 5.82 Å². The quantitative estimate of drug-likeness (QED) is 0.284. The predicted octanol–water partition coefficient (Wildman–Crippen LogP) is 5.76. The number of imidazole rings is 1. The largest absolute Gasteiger partial charge is 0.516 e. The lowest BCUT2D eigenvalue weighted by Gasteiger charge is -2.34. The minimum absolute atomic E-state index is 0.000492. The van der Waals surface area contributed by atoms with E-state index >= 15 is 0 Å². The van der Waals surface area contributed by atoms with Gasteiger partial charge in [0.1, 0.15) is 18.5 Å². The van der Waals surface area contributed by atoms with Gasteiger partial charge in [-0.3, -0.25) is 0 Å². The van der Waals surface area contributed by atoms with E-state index in [0.717, 1.165) is 56.1 Å². The molecule has 10 heteroatoms. The summed E-state index contributed by atoms with van der Waals surface area (Å²) >= 11 is 0. The molecule has 2 fully saturated rings. The summed E-state index contributed by atoms with van der Waals surface area (Å²) in [6.45, 7) is 7.01. The topological polar surface area (TPSA) is 115 Å². The van der Waals surface area contributed by atoms with Gasteiger partial charge < -0.3 is 23.9 Å². The van der Waals surface area contributed by atoms with E-state index in [1.54, 1.807) is 12.3 Å². The Morgan fingerprint density at radius 1 is 1.20 bits per heavy atom. The second-order valence-corrected chi connectivity index (χ2v) is 9.87. The SMILES string of the molecule is C1COC1.C=CO.Cc1ccc2nc(CC3CC(Oc4ccnc(COc5ccc(C#N)cc5F)n4)C3)n(C)c2c1. The molecule has 4 aromatic rings. The molecule has 0 unspecified atom stereocenters. The number of hydrogen-bond donors (Lipinski definition) is 1. The predicted molar refractivity (Wildman–Crippen MR) is 152 cm³/mol. The highest BCUT2D eigenvalue weighted by molar-refractivity contribution is 5.76. The maximum Gasteiger partial charge on any atom is 0.216 e. The third-order valence-corrected chi connectivity index (χ3v) is 6.76. The van der Waals surface area contributed by atoms with Crippen LogP contribution in [-0.2, 0) is 24.8 Å². The fourth-order valence-electron chi connectivity index (χ4n) is 4.39. The molecule has 214 valence electrons. The normalized spacial score (nSPS) is 16.9. The summed E-state index contributed by atoms with van der Waals surface area (Å²) < 4.78 is 32.4. The zero-order valence-corrected chi connectivity index (χ0v) is 23.3. The van der Waals surface area contributed by atoms with E-state index in [4.69, 9.17) is 29.6 Å². The summed E-state index contributed by atoms with van der Waals surface area (Å²) in [4.78, 5) is 13.4. The van der Waals surface area contributed by atoms with Crippen LogP contribution in [0.25, 0.3) is 11.0 Å². The standard InChI is InChI=1S/C26H24FN5O2.C3H6O.C2H4O/c1-16-3-5-21-22(9-16)32(2)25(30-21)13-18-10-19(11-18)34-26-7-8-29-24(31-26)15-33-23-6-4-17(14-28)12-20(23)27;1-2-4-3-1;1-2-3/h3-9,12,18-19H,10-11,13,15H2,1-2H3;1-3H2;2-3H,1H2. The van der Waals surface area contributed by atoms with Crippen LogP contribution < -0.4 is 9.47 Å². The highest BCUT2D eigenvalue weighted by Crippen LogP contribution is 2.34. The van der Waals surface area contributed by atoms with Crippen molar-refractivity contribution in [2.45, 2.75) is 45.3 Å². The molecule has 6 rings (SSSR count). The summed E-state index contributed by atoms with van der Waals surface area (Å²) in [6.07, 6.45) is 6.53. The lowest BCUT2D eigenvalue weighted by Crippen LogP contribution is -2.35. The molecule has 9 nitrogen and oxygen atoms in total. The number of hydrogen-bond acceptors (Lipinski definition) is 8. The second-order valence-electron chi connectivity index (χ2n) is 9.87. The number of rotatable bonds is 7. The van der Waals surface area contributed by atoms with Crippen LogP contribution in [0.1, 0.15) is 42.0 Å². The smallest absolute Gasteiger partial charge is 0.216 e. The molecule has 1 saturated heterocycles. The molecule has 0 amide bonds. The molecule has 0 atom stereocenters. The van der Waals surface area contributed by atoms with Crippen molar-refractivity contribution in [2.75, 3.05) is 13.2 Å². The molecule has 1 aliphatic carbocycles. The third kappa shape index (κ3) is 8.02. The molecule has 1 saturated carbocycles. The van der Waals surface area contributed by atoms with Crippen LogP contribution in [0.4, 0.5) is 4.39 Å². The Hall–Kier alpha value is -4.49. The first-order chi connectivity index (χ1) is 19.9. The van der Waals surface area contributed by atoms with Gasteiger partial charge in [-0.25, -0.2) is 14.4 Å². The Balaban J connectivity index is 0.000000492. The average molecular weight is 560 g/mol. The van der Waals surface area contributed by atoms with Gasteiger partial charge in [-0.2, -0.15) is 10.2 Å². The van der Waals surface area contributed by atoms with E-state index in [1.807, 2.05) is 6.07 Å². The molecular weight excluding hydrogens is 525 g/mol. The van der Waals surface area contributed by atoms with Crippen LogP contribution >= 0.6 is 0 Å². The molecular formula is C31H34FN5O4. The number of benzene rings is 2. The molecule has 2 aromatic carbocycles. The van der Waals surface area contributed by atoms with Gasteiger partial charge in [0.25, 0.3) is 0 Å². The van der Waals surface area contributed by atoms with Crippen LogP contribution in [0, 0.1) is 30.0 Å². The summed E-state index contributed by atoms with van der Waals surface area (Å²) in [5.74, 6) is 1.95. The molecule has 0 radical (unpaired) electrons. The van der Waals surface area contributed by atoms with E-state index in [2.05, 4.69) is 53.3 Å². The zero-order chi connectivity index (χ0) is 29.2. The first-order valence-electron chi connectivity index (χ1n) is 13.5. The second kappa shape index (κ2) is 14.2. The fraction of sp³-hybridized carbons (Fsp3) is 0.355. The van der Waals surface area contributed by atoms with Crippen LogP contribution in [0.5, 0.6) is 11.6 Å². The van der Waals surface area contributed by atoms with Crippen molar-refractivity contribution in [2.24, 2.45) is 13.0 Å². The Labute approximate surface area is 238 Å². The van der Waals surface area contributed by atoms with Gasteiger partial charge in [-0.1, -0.05) is 12.6 Å². The van der Waals surface area contributed by atoms with Crippen molar-refractivity contribution in [3.05, 3.63) is 90.1 Å². The lowest BCUT2D eigenvalue weighted by molar-refractivity contribution is 0.0367. The number of nitrogens with zero attached hydrogens (tertiary/aromatic N) is 5. The van der Waals surface area contributed by atoms with Crippen LogP contribution in [0.15, 0.2) is 61.5 Å². The van der Waals surface area contributed by atoms with Crippen molar-refractivity contribution in [3.8, 4) is 17.7 Å². The van der Waals surface area contributed by atoms with Crippen molar-refractivity contribution in [3.63, 3.8) is 0 Å². The number of aryl methyl sites for hydroxylation is 2. The summed E-state index contributed by atoms with van der Waals surface area (Å²) in [5, 5.41) is 16.2. The Kier molecular flexibility index (Phi) is 10.2. The Bertz CT molecular complexity index is 1500. The monoisotopic (exact) mass is 559 g/mol. The van der Waals surface area contributed by atoms with Gasteiger partial charge in [0, 0.05) is 38.9 Å². The van der Waals surface area contributed by atoms with Crippen molar-refractivity contribution >= 4 is 11.0 Å². The summed E-state index contributed by atoms with van der Waals surface area (Å²) in [7, 11) is 2.07. The average Bonchev–Trinajstić information content (AvgIpc) is 3.20. The number of aliphatic hydroxyl groups is 1. The van der Waals surface area contributed by atoms with Gasteiger partial charge in [-0.15, -0.1) is 0 Å². The van der Waals surface area contributed by atoms with Crippen molar-refractivity contribution in [1.29, 1.82) is 5.26 Å². The van der Waals surface area contributed by atoms with Gasteiger partial charge in [0.15, 0.2) is 17.4 Å². The van der Waals surface area contributed by atoms with E-state index in [-0.39, 0.29) is 24.0 Å². The van der Waals surface area contributed by atoms with E-state index in [1.165, 1.54) is 29.6 Å². The third-order valence-electron chi connectivity index (χ3n) is 6.76. The summed E-state index contributed by atoms with van der Waals surface area (Å²) in [6, 6.07) is 14.0. The first-order valence-corrected chi connectivity index (χ1v) is 13.5. The lowest BCUT2D eigenvalue weighted by atomic mass is 9.80. The van der Waals surface area contributed by atoms with Crippen LogP contribution in [0.2, 0.25) is 0 Å². The number of ether oxygens (including phenoxy) is 3. The van der Waals surface area contributed by atoms with Crippen molar-refractivity contribution < 1.29 is 23.7 Å². The van der Waals surface area contributed by atoms with Gasteiger partial charge >= 0.3 is 0 Å². The molecule has 0 spiro atoms.